The SMILES string of the molecule is N[C@H]1CCCN[C@H]1CO[C@H]1CC[C@@H](c2c(F)cccc2F)CC1. The van der Waals surface area contributed by atoms with Crippen LogP contribution in [-0.4, -0.2) is 31.3 Å². The van der Waals surface area contributed by atoms with Crippen molar-refractivity contribution in [2.24, 2.45) is 5.73 Å². The molecule has 0 spiro atoms. The molecule has 2 aliphatic rings. The van der Waals surface area contributed by atoms with Crippen molar-refractivity contribution in [1.29, 1.82) is 0 Å². The molecule has 3 nitrogen and oxygen atoms in total. The second-order valence-electron chi connectivity index (χ2n) is 6.81. The zero-order valence-corrected chi connectivity index (χ0v) is 13.4. The van der Waals surface area contributed by atoms with Crippen molar-refractivity contribution < 1.29 is 13.5 Å². The minimum atomic E-state index is -0.424. The van der Waals surface area contributed by atoms with Crippen LogP contribution in [0.1, 0.15) is 50.0 Å². The van der Waals surface area contributed by atoms with Gasteiger partial charge in [0.1, 0.15) is 11.6 Å². The standard InChI is InChI=1S/C18H26F2N2O/c19-14-3-1-4-15(20)18(14)12-6-8-13(9-7-12)23-11-17-16(21)5-2-10-22-17/h1,3-4,12-13,16-17,22H,2,5-11,21H2/t12-,13+,16-,17-/m0/s1. The van der Waals surface area contributed by atoms with Gasteiger partial charge in [-0.3, -0.25) is 0 Å². The van der Waals surface area contributed by atoms with Gasteiger partial charge >= 0.3 is 0 Å². The van der Waals surface area contributed by atoms with Gasteiger partial charge in [0.2, 0.25) is 0 Å². The van der Waals surface area contributed by atoms with Crippen LogP contribution in [0.5, 0.6) is 0 Å². The minimum Gasteiger partial charge on any atom is -0.377 e. The lowest BCUT2D eigenvalue weighted by molar-refractivity contribution is 0.00584. The maximum absolute atomic E-state index is 13.9. The van der Waals surface area contributed by atoms with Gasteiger partial charge in [-0.25, -0.2) is 8.78 Å². The molecule has 5 heteroatoms. The molecule has 1 saturated heterocycles. The third-order valence-corrected chi connectivity index (χ3v) is 5.23. The van der Waals surface area contributed by atoms with Gasteiger partial charge in [0.05, 0.1) is 12.7 Å². The third-order valence-electron chi connectivity index (χ3n) is 5.23. The molecule has 1 aromatic carbocycles. The second-order valence-corrected chi connectivity index (χ2v) is 6.81. The Hall–Kier alpha value is -1.04. The van der Waals surface area contributed by atoms with E-state index in [4.69, 9.17) is 10.5 Å². The minimum absolute atomic E-state index is 0.0360. The van der Waals surface area contributed by atoms with Crippen LogP contribution in [0, 0.1) is 11.6 Å². The molecule has 3 N–H and O–H groups in total. The van der Waals surface area contributed by atoms with Gasteiger partial charge in [-0.1, -0.05) is 6.07 Å². The summed E-state index contributed by atoms with van der Waals surface area (Å²) in [5, 5.41) is 3.41. The van der Waals surface area contributed by atoms with E-state index in [1.54, 1.807) is 0 Å². The summed E-state index contributed by atoms with van der Waals surface area (Å²) in [4.78, 5) is 0. The molecule has 0 amide bonds. The van der Waals surface area contributed by atoms with Gasteiger partial charge in [0.25, 0.3) is 0 Å². The van der Waals surface area contributed by atoms with Gasteiger partial charge in [-0.15, -0.1) is 0 Å². The van der Waals surface area contributed by atoms with E-state index in [1.807, 2.05) is 0 Å². The summed E-state index contributed by atoms with van der Waals surface area (Å²) in [6.45, 7) is 1.63. The Bertz CT molecular complexity index is 497. The van der Waals surface area contributed by atoms with Crippen molar-refractivity contribution in [3.05, 3.63) is 35.4 Å². The maximum Gasteiger partial charge on any atom is 0.129 e. The Morgan fingerprint density at radius 3 is 2.43 bits per heavy atom. The Kier molecular flexibility index (Phi) is 5.62. The Balaban J connectivity index is 1.49. The molecule has 3 rings (SSSR count). The molecule has 23 heavy (non-hydrogen) atoms. The predicted octanol–water partition coefficient (Wildman–Crippen LogP) is 3.09. The normalized spacial score (nSPS) is 32.0. The van der Waals surface area contributed by atoms with Crippen molar-refractivity contribution in [2.75, 3.05) is 13.2 Å². The molecule has 2 atom stereocenters. The lowest BCUT2D eigenvalue weighted by Crippen LogP contribution is -2.52. The van der Waals surface area contributed by atoms with Gasteiger partial charge in [0, 0.05) is 17.6 Å². The highest BCUT2D eigenvalue weighted by Crippen LogP contribution is 2.36. The van der Waals surface area contributed by atoms with Crippen LogP contribution >= 0.6 is 0 Å². The Labute approximate surface area is 136 Å². The molecular weight excluding hydrogens is 298 g/mol. The average molecular weight is 324 g/mol. The van der Waals surface area contributed by atoms with Crippen LogP contribution in [0.2, 0.25) is 0 Å². The largest absolute Gasteiger partial charge is 0.377 e. The molecule has 0 radical (unpaired) electrons. The van der Waals surface area contributed by atoms with Crippen LogP contribution in [-0.2, 0) is 4.74 Å². The number of hydrogen-bond acceptors (Lipinski definition) is 3. The number of hydrogen-bond donors (Lipinski definition) is 2. The quantitative estimate of drug-likeness (QED) is 0.895. The molecular formula is C18H26F2N2O. The van der Waals surface area contributed by atoms with E-state index in [0.29, 0.717) is 6.61 Å². The van der Waals surface area contributed by atoms with Crippen LogP contribution in [0.4, 0.5) is 8.78 Å². The van der Waals surface area contributed by atoms with E-state index >= 15 is 0 Å². The number of piperidine rings is 1. The van der Waals surface area contributed by atoms with Crippen LogP contribution in [0.15, 0.2) is 18.2 Å². The highest BCUT2D eigenvalue weighted by molar-refractivity contribution is 5.24. The Morgan fingerprint density at radius 1 is 1.09 bits per heavy atom. The summed E-state index contributed by atoms with van der Waals surface area (Å²) < 4.78 is 33.8. The third kappa shape index (κ3) is 4.08. The molecule has 1 aromatic rings. The summed E-state index contributed by atoms with van der Waals surface area (Å²) in [5.74, 6) is -0.885. The summed E-state index contributed by atoms with van der Waals surface area (Å²) in [5.41, 5.74) is 6.35. The second kappa shape index (κ2) is 7.69. The van der Waals surface area contributed by atoms with Crippen molar-refractivity contribution in [3.8, 4) is 0 Å². The summed E-state index contributed by atoms with van der Waals surface area (Å²) in [7, 11) is 0. The lowest BCUT2D eigenvalue weighted by Gasteiger charge is -2.33. The fourth-order valence-corrected chi connectivity index (χ4v) is 3.82. The topological polar surface area (TPSA) is 47.3 Å². The average Bonchev–Trinajstić information content (AvgIpc) is 2.55. The van der Waals surface area contributed by atoms with E-state index in [0.717, 1.165) is 45.1 Å². The van der Waals surface area contributed by atoms with Crippen LogP contribution < -0.4 is 11.1 Å². The lowest BCUT2D eigenvalue weighted by atomic mass is 9.82. The molecule has 0 unspecified atom stereocenters. The number of benzene rings is 1. The first-order valence-corrected chi connectivity index (χ1v) is 8.69. The van der Waals surface area contributed by atoms with Crippen molar-refractivity contribution in [2.45, 2.75) is 62.6 Å². The van der Waals surface area contributed by atoms with Gasteiger partial charge in [-0.05, 0) is 63.1 Å². The first kappa shape index (κ1) is 16.8. The molecule has 1 heterocycles. The maximum atomic E-state index is 13.9. The van der Waals surface area contributed by atoms with E-state index < -0.39 is 11.6 Å². The number of rotatable bonds is 4. The first-order chi connectivity index (χ1) is 11.1. The van der Waals surface area contributed by atoms with Crippen molar-refractivity contribution in [1.82, 2.24) is 5.32 Å². The van der Waals surface area contributed by atoms with E-state index in [9.17, 15) is 8.78 Å². The highest BCUT2D eigenvalue weighted by Gasteiger charge is 2.28. The van der Waals surface area contributed by atoms with Crippen LogP contribution in [0.25, 0.3) is 0 Å². The number of nitrogens with two attached hydrogens (primary N) is 1. The summed E-state index contributed by atoms with van der Waals surface area (Å²) in [6.07, 6.45) is 5.58. The summed E-state index contributed by atoms with van der Waals surface area (Å²) >= 11 is 0. The molecule has 1 aliphatic carbocycles. The summed E-state index contributed by atoms with van der Waals surface area (Å²) in [6, 6.07) is 4.50. The fraction of sp³-hybridized carbons (Fsp3) is 0.667. The number of ether oxygens (including phenoxy) is 1. The van der Waals surface area contributed by atoms with E-state index in [-0.39, 0.29) is 29.7 Å². The van der Waals surface area contributed by atoms with Crippen LogP contribution in [0.3, 0.4) is 0 Å². The monoisotopic (exact) mass is 324 g/mol. The zero-order valence-electron chi connectivity index (χ0n) is 13.4. The van der Waals surface area contributed by atoms with Crippen molar-refractivity contribution >= 4 is 0 Å². The first-order valence-electron chi connectivity index (χ1n) is 8.69. The molecule has 1 saturated carbocycles. The van der Waals surface area contributed by atoms with Gasteiger partial charge < -0.3 is 15.8 Å². The number of halogens is 2. The van der Waals surface area contributed by atoms with E-state index in [2.05, 4.69) is 5.32 Å². The predicted molar refractivity (Wildman–Crippen MR) is 86.3 cm³/mol. The van der Waals surface area contributed by atoms with E-state index in [1.165, 1.54) is 18.2 Å². The Morgan fingerprint density at radius 2 is 1.78 bits per heavy atom. The zero-order chi connectivity index (χ0) is 16.2. The molecule has 0 bridgehead atoms. The fourth-order valence-electron chi connectivity index (χ4n) is 3.82. The van der Waals surface area contributed by atoms with Gasteiger partial charge in [0.15, 0.2) is 0 Å². The molecule has 2 fully saturated rings. The smallest absolute Gasteiger partial charge is 0.129 e. The molecule has 1 aliphatic heterocycles. The highest BCUT2D eigenvalue weighted by atomic mass is 19.1. The molecule has 128 valence electrons. The van der Waals surface area contributed by atoms with Gasteiger partial charge in [-0.2, -0.15) is 0 Å². The number of nitrogens with one attached hydrogen (secondary N) is 1. The van der Waals surface area contributed by atoms with Crippen molar-refractivity contribution in [3.63, 3.8) is 0 Å². The molecule has 0 aromatic heterocycles.